The highest BCUT2D eigenvalue weighted by Crippen LogP contribution is 2.29. The number of nitrogens with zero attached hydrogens (tertiary/aromatic N) is 3. The molecule has 2 aromatic heterocycles. The molecule has 0 aliphatic carbocycles. The molecule has 13 heteroatoms. The topological polar surface area (TPSA) is 120 Å². The van der Waals surface area contributed by atoms with Gasteiger partial charge in [0.25, 0.3) is 15.9 Å². The first-order valence-corrected chi connectivity index (χ1v) is 15.4. The van der Waals surface area contributed by atoms with Gasteiger partial charge in [-0.1, -0.05) is 11.6 Å². The van der Waals surface area contributed by atoms with Gasteiger partial charge in [-0.2, -0.15) is 4.31 Å². The molecule has 0 saturated carbocycles. The zero-order valence-corrected chi connectivity index (χ0v) is 23.9. The minimum Gasteiger partial charge on any atom is -0.383 e. The second-order valence-corrected chi connectivity index (χ2v) is 13.2. The number of rotatable bonds is 9. The zero-order chi connectivity index (χ0) is 26.9. The van der Waals surface area contributed by atoms with Crippen LogP contribution in [0.25, 0.3) is 10.9 Å². The van der Waals surface area contributed by atoms with Crippen LogP contribution in [0.4, 0.5) is 0 Å². The summed E-state index contributed by atoms with van der Waals surface area (Å²) in [6, 6.07) is 6.88. The van der Waals surface area contributed by atoms with Crippen LogP contribution in [0.3, 0.4) is 0 Å². The van der Waals surface area contributed by atoms with E-state index in [4.69, 9.17) is 16.3 Å². The van der Waals surface area contributed by atoms with Crippen LogP contribution in [0.15, 0.2) is 29.3 Å². The maximum atomic E-state index is 13.6. The number of H-pyrrole nitrogens is 1. The van der Waals surface area contributed by atoms with Crippen molar-refractivity contribution < 1.29 is 17.9 Å². The number of halogens is 1. The molecule has 0 radical (unpaired) electrons. The Morgan fingerprint density at radius 3 is 2.95 bits per heavy atom. The molecular formula is C25H33ClN6O4S2. The summed E-state index contributed by atoms with van der Waals surface area (Å²) < 4.78 is 33.8. The Hall–Kier alpha value is -2.06. The molecule has 10 nitrogen and oxygen atoms in total. The number of ether oxygens (including phenoxy) is 1. The number of nitrogens with one attached hydrogen (secondary N) is 3. The molecule has 206 valence electrons. The van der Waals surface area contributed by atoms with Crippen molar-refractivity contribution in [2.75, 3.05) is 46.4 Å². The van der Waals surface area contributed by atoms with E-state index in [9.17, 15) is 13.2 Å². The van der Waals surface area contributed by atoms with E-state index >= 15 is 0 Å². The third-order valence-corrected chi connectivity index (χ3v) is 10.2. The first-order chi connectivity index (χ1) is 18.3. The smallest absolute Gasteiger partial charge is 0.283 e. The number of hydrogen-bond acceptors (Lipinski definition) is 8. The van der Waals surface area contributed by atoms with Crippen molar-refractivity contribution in [3.05, 3.63) is 44.9 Å². The lowest BCUT2D eigenvalue weighted by Crippen LogP contribution is -2.57. The van der Waals surface area contributed by atoms with Gasteiger partial charge in [-0.25, -0.2) is 13.4 Å². The second-order valence-electron chi connectivity index (χ2n) is 9.79. The lowest BCUT2D eigenvalue weighted by Gasteiger charge is -2.40. The number of sulfonamides is 1. The molecule has 3 N–H and O–H groups in total. The minimum atomic E-state index is -3.80. The van der Waals surface area contributed by atoms with E-state index in [-0.39, 0.29) is 30.1 Å². The quantitative estimate of drug-likeness (QED) is 0.333. The van der Waals surface area contributed by atoms with Gasteiger partial charge < -0.3 is 25.3 Å². The van der Waals surface area contributed by atoms with Gasteiger partial charge in [0.2, 0.25) is 0 Å². The van der Waals surface area contributed by atoms with Crippen molar-refractivity contribution in [3.8, 4) is 0 Å². The number of amides is 1. The van der Waals surface area contributed by atoms with Crippen molar-refractivity contribution in [2.24, 2.45) is 0 Å². The summed E-state index contributed by atoms with van der Waals surface area (Å²) in [4.78, 5) is 24.3. The standard InChI is InChI=1S/C25H33ClN6O4S2/c1-16-11-21-22(14-28-16)37-24(30-21)25(33)32-9-8-31(15-19(32)5-6-27-7-10-36-2)38(34,35)23-13-17-12-18(26)3-4-20(17)29-23/h3-4,12-13,16,19,27-29H,5-11,14-15H2,1-2H3. The Kier molecular flexibility index (Phi) is 8.39. The van der Waals surface area contributed by atoms with Gasteiger partial charge in [0.15, 0.2) is 5.01 Å². The van der Waals surface area contributed by atoms with Crippen LogP contribution in [-0.4, -0.2) is 92.0 Å². The first kappa shape index (κ1) is 27.5. The SMILES string of the molecule is COCCNCCC1CN(S(=O)(=O)c2cc3cc(Cl)ccc3[nH]2)CCN1C(=O)c1nc2c(s1)CNC(C)C2. The predicted molar refractivity (Wildman–Crippen MR) is 148 cm³/mol. The Balaban J connectivity index is 1.35. The van der Waals surface area contributed by atoms with Gasteiger partial charge in [-0.15, -0.1) is 11.3 Å². The summed E-state index contributed by atoms with van der Waals surface area (Å²) in [5, 5.41) is 8.62. The number of carbonyl (C=O) groups is 1. The first-order valence-electron chi connectivity index (χ1n) is 12.8. The fourth-order valence-corrected chi connectivity index (χ4v) is 7.67. The predicted octanol–water partition coefficient (Wildman–Crippen LogP) is 2.45. The molecule has 2 unspecified atom stereocenters. The lowest BCUT2D eigenvalue weighted by atomic mass is 10.1. The molecule has 1 amide bonds. The number of benzene rings is 1. The number of piperazine rings is 1. The third-order valence-electron chi connectivity index (χ3n) is 7.09. The Labute approximate surface area is 231 Å². The molecule has 4 heterocycles. The molecule has 2 atom stereocenters. The van der Waals surface area contributed by atoms with Crippen LogP contribution in [0, 0.1) is 0 Å². The van der Waals surface area contributed by atoms with Crippen LogP contribution in [0.2, 0.25) is 5.02 Å². The van der Waals surface area contributed by atoms with Crippen LogP contribution in [-0.2, 0) is 27.7 Å². The number of thiazole rings is 1. The van der Waals surface area contributed by atoms with Crippen LogP contribution in [0.5, 0.6) is 0 Å². The van der Waals surface area contributed by atoms with Crippen molar-refractivity contribution in [2.45, 2.75) is 43.4 Å². The number of carbonyl (C=O) groups excluding carboxylic acids is 1. The summed E-state index contributed by atoms with van der Waals surface area (Å²) in [6.45, 7) is 5.43. The summed E-state index contributed by atoms with van der Waals surface area (Å²) in [6.07, 6.45) is 1.40. The largest absolute Gasteiger partial charge is 0.383 e. The highest BCUT2D eigenvalue weighted by molar-refractivity contribution is 7.89. The monoisotopic (exact) mass is 580 g/mol. The molecule has 2 aliphatic rings. The highest BCUT2D eigenvalue weighted by Gasteiger charge is 2.38. The fourth-order valence-electron chi connectivity index (χ4n) is 5.01. The van der Waals surface area contributed by atoms with Crippen molar-refractivity contribution in [1.29, 1.82) is 0 Å². The summed E-state index contributed by atoms with van der Waals surface area (Å²) in [5.41, 5.74) is 1.69. The molecule has 1 saturated heterocycles. The van der Waals surface area contributed by atoms with E-state index in [1.165, 1.54) is 15.6 Å². The third kappa shape index (κ3) is 5.76. The zero-order valence-electron chi connectivity index (χ0n) is 21.5. The highest BCUT2D eigenvalue weighted by atomic mass is 35.5. The van der Waals surface area contributed by atoms with E-state index in [1.54, 1.807) is 36.3 Å². The average molecular weight is 581 g/mol. The van der Waals surface area contributed by atoms with Gasteiger partial charge in [0.1, 0.15) is 5.03 Å². The van der Waals surface area contributed by atoms with Crippen LogP contribution in [0.1, 0.15) is 33.7 Å². The van der Waals surface area contributed by atoms with Gasteiger partial charge >= 0.3 is 0 Å². The van der Waals surface area contributed by atoms with Gasteiger partial charge in [0.05, 0.1) is 12.3 Å². The molecule has 1 fully saturated rings. The number of hydrogen-bond donors (Lipinski definition) is 3. The molecule has 0 spiro atoms. The maximum absolute atomic E-state index is 13.6. The molecule has 5 rings (SSSR count). The molecular weight excluding hydrogens is 548 g/mol. The minimum absolute atomic E-state index is 0.126. The number of aromatic nitrogens is 2. The Morgan fingerprint density at radius 2 is 2.13 bits per heavy atom. The number of fused-ring (bicyclic) bond motifs is 2. The van der Waals surface area contributed by atoms with E-state index in [0.717, 1.165) is 28.9 Å². The van der Waals surface area contributed by atoms with Gasteiger partial charge in [-0.3, -0.25) is 4.79 Å². The van der Waals surface area contributed by atoms with Gasteiger partial charge in [-0.05, 0) is 44.2 Å². The Morgan fingerprint density at radius 1 is 1.29 bits per heavy atom. The fraction of sp³-hybridized carbons (Fsp3) is 0.520. The average Bonchev–Trinajstić information content (AvgIpc) is 3.52. The van der Waals surface area contributed by atoms with E-state index in [0.29, 0.717) is 54.3 Å². The molecule has 0 bridgehead atoms. The maximum Gasteiger partial charge on any atom is 0.283 e. The van der Waals surface area contributed by atoms with Crippen LogP contribution >= 0.6 is 22.9 Å². The molecule has 1 aromatic carbocycles. The van der Waals surface area contributed by atoms with Gasteiger partial charge in [0, 0.05) is 79.1 Å². The van der Waals surface area contributed by atoms with E-state index in [1.807, 2.05) is 0 Å². The summed E-state index contributed by atoms with van der Waals surface area (Å²) in [7, 11) is -2.15. The molecule has 3 aromatic rings. The summed E-state index contributed by atoms with van der Waals surface area (Å²) in [5.74, 6) is -0.128. The number of aromatic amines is 1. The number of methoxy groups -OCH3 is 1. The van der Waals surface area contributed by atoms with E-state index < -0.39 is 10.0 Å². The molecule has 2 aliphatic heterocycles. The van der Waals surface area contributed by atoms with Crippen molar-refractivity contribution in [1.82, 2.24) is 29.8 Å². The van der Waals surface area contributed by atoms with Crippen molar-refractivity contribution >= 4 is 49.8 Å². The Bertz CT molecular complexity index is 1410. The van der Waals surface area contributed by atoms with Crippen molar-refractivity contribution in [3.63, 3.8) is 0 Å². The van der Waals surface area contributed by atoms with E-state index in [2.05, 4.69) is 27.5 Å². The summed E-state index contributed by atoms with van der Waals surface area (Å²) >= 11 is 7.53. The lowest BCUT2D eigenvalue weighted by molar-refractivity contribution is 0.0549. The van der Waals surface area contributed by atoms with Crippen LogP contribution < -0.4 is 10.6 Å². The second kappa shape index (κ2) is 11.6. The molecule has 38 heavy (non-hydrogen) atoms. The normalized spacial score (nSPS) is 20.7.